The summed E-state index contributed by atoms with van der Waals surface area (Å²) in [6, 6.07) is 14.5. The number of rotatable bonds is 8. The minimum Gasteiger partial charge on any atom is -0.382 e. The summed E-state index contributed by atoms with van der Waals surface area (Å²) in [6.45, 7) is 7.22. The average molecular weight is 460 g/mol. The summed E-state index contributed by atoms with van der Waals surface area (Å²) < 4.78 is 8.59. The summed E-state index contributed by atoms with van der Waals surface area (Å²) in [5, 5.41) is 12.1. The van der Waals surface area contributed by atoms with Crippen LogP contribution in [0.25, 0.3) is 16.7 Å². The fraction of sp³-hybridized carbons (Fsp3) is 0.308. The van der Waals surface area contributed by atoms with Gasteiger partial charge in [-0.05, 0) is 50.5 Å². The minimum atomic E-state index is -0.407. The van der Waals surface area contributed by atoms with Crippen LogP contribution in [-0.4, -0.2) is 33.1 Å². The molecule has 8 heteroatoms. The zero-order valence-corrected chi connectivity index (χ0v) is 19.7. The zero-order valence-electron chi connectivity index (χ0n) is 19.7. The van der Waals surface area contributed by atoms with Gasteiger partial charge in [-0.25, -0.2) is 4.98 Å². The van der Waals surface area contributed by atoms with E-state index in [0.717, 1.165) is 11.1 Å². The molecule has 0 spiro atoms. The van der Waals surface area contributed by atoms with Gasteiger partial charge in [-0.3, -0.25) is 19.4 Å². The lowest BCUT2D eigenvalue weighted by atomic mass is 10.1. The van der Waals surface area contributed by atoms with E-state index in [1.165, 1.54) is 10.5 Å². The van der Waals surface area contributed by atoms with Crippen molar-refractivity contribution >= 4 is 22.6 Å². The molecule has 3 aromatic heterocycles. The van der Waals surface area contributed by atoms with Gasteiger partial charge in [-0.1, -0.05) is 36.4 Å². The van der Waals surface area contributed by atoms with Gasteiger partial charge >= 0.3 is 0 Å². The molecule has 176 valence electrons. The van der Waals surface area contributed by atoms with Crippen LogP contribution >= 0.6 is 0 Å². The molecular weight excluding hydrogens is 430 g/mol. The number of aromatic nitrogens is 3. The molecule has 0 aliphatic rings. The molecule has 34 heavy (non-hydrogen) atoms. The third kappa shape index (κ3) is 4.49. The Labute approximate surface area is 197 Å². The number of benzene rings is 1. The molecule has 3 heterocycles. The number of ether oxygens (including phenoxy) is 1. The quantitative estimate of drug-likeness (QED) is 0.312. The number of nitrogens with zero attached hydrogens (tertiary/aromatic N) is 3. The van der Waals surface area contributed by atoms with E-state index in [1.54, 1.807) is 16.8 Å². The number of amides is 1. The lowest BCUT2D eigenvalue weighted by Gasteiger charge is -2.17. The van der Waals surface area contributed by atoms with Gasteiger partial charge in [-0.15, -0.1) is 0 Å². The Hall–Kier alpha value is -3.78. The highest BCUT2D eigenvalue weighted by molar-refractivity contribution is 5.97. The van der Waals surface area contributed by atoms with E-state index in [9.17, 15) is 9.59 Å². The smallest absolute Gasteiger partial charge is 0.267 e. The van der Waals surface area contributed by atoms with Gasteiger partial charge in [0.2, 0.25) is 0 Å². The molecule has 0 bridgehead atoms. The SMILES string of the molecule is CCOCCCn1c(=N)c(C(=O)N[C@@H](C)c2ccccc2)cc2c(=O)n3cccc(C)c3nc21. The molecule has 4 rings (SSSR count). The van der Waals surface area contributed by atoms with E-state index in [0.29, 0.717) is 42.9 Å². The normalized spacial score (nSPS) is 12.2. The second-order valence-electron chi connectivity index (χ2n) is 8.25. The maximum Gasteiger partial charge on any atom is 0.267 e. The Morgan fingerprint density at radius 3 is 2.68 bits per heavy atom. The minimum absolute atomic E-state index is 0.0200. The van der Waals surface area contributed by atoms with Crippen LogP contribution in [0.15, 0.2) is 59.5 Å². The van der Waals surface area contributed by atoms with Crippen LogP contribution in [0.2, 0.25) is 0 Å². The Morgan fingerprint density at radius 2 is 1.94 bits per heavy atom. The molecule has 1 aromatic carbocycles. The fourth-order valence-corrected chi connectivity index (χ4v) is 4.06. The summed E-state index contributed by atoms with van der Waals surface area (Å²) in [5.74, 6) is -0.407. The maximum atomic E-state index is 13.4. The predicted molar refractivity (Wildman–Crippen MR) is 131 cm³/mol. The molecule has 1 amide bonds. The van der Waals surface area contributed by atoms with Gasteiger partial charge in [0.1, 0.15) is 16.8 Å². The van der Waals surface area contributed by atoms with Gasteiger partial charge in [0.15, 0.2) is 0 Å². The van der Waals surface area contributed by atoms with E-state index < -0.39 is 5.91 Å². The number of fused-ring (bicyclic) bond motifs is 2. The number of carbonyl (C=O) groups is 1. The second kappa shape index (κ2) is 10.0. The fourth-order valence-electron chi connectivity index (χ4n) is 4.06. The largest absolute Gasteiger partial charge is 0.382 e. The molecule has 1 atom stereocenters. The summed E-state index contributed by atoms with van der Waals surface area (Å²) >= 11 is 0. The Balaban J connectivity index is 1.85. The first-order chi connectivity index (χ1) is 16.4. The van der Waals surface area contributed by atoms with E-state index in [-0.39, 0.29) is 22.7 Å². The van der Waals surface area contributed by atoms with Crippen LogP contribution < -0.4 is 16.4 Å². The van der Waals surface area contributed by atoms with Crippen molar-refractivity contribution in [3.05, 3.63) is 87.3 Å². The van der Waals surface area contributed by atoms with Crippen LogP contribution in [-0.2, 0) is 11.3 Å². The molecule has 0 aliphatic heterocycles. The molecule has 0 saturated carbocycles. The van der Waals surface area contributed by atoms with Crippen molar-refractivity contribution in [1.29, 1.82) is 5.41 Å². The van der Waals surface area contributed by atoms with Crippen molar-refractivity contribution in [1.82, 2.24) is 19.3 Å². The lowest BCUT2D eigenvalue weighted by Crippen LogP contribution is -2.36. The van der Waals surface area contributed by atoms with Crippen LogP contribution in [0.3, 0.4) is 0 Å². The van der Waals surface area contributed by atoms with Gasteiger partial charge < -0.3 is 14.6 Å². The molecule has 2 N–H and O–H groups in total. The lowest BCUT2D eigenvalue weighted by molar-refractivity contribution is 0.0937. The summed E-state index contributed by atoms with van der Waals surface area (Å²) in [7, 11) is 0. The topological polar surface area (TPSA) is 101 Å². The first kappa shape index (κ1) is 23.4. The first-order valence-electron chi connectivity index (χ1n) is 11.5. The third-order valence-electron chi connectivity index (χ3n) is 5.90. The summed E-state index contributed by atoms with van der Waals surface area (Å²) in [6.07, 6.45) is 2.29. The molecular formula is C26H29N5O3. The molecule has 0 radical (unpaired) electrons. The average Bonchev–Trinajstić information content (AvgIpc) is 2.84. The van der Waals surface area contributed by atoms with Crippen LogP contribution in [0.5, 0.6) is 0 Å². The van der Waals surface area contributed by atoms with Crippen molar-refractivity contribution in [2.75, 3.05) is 13.2 Å². The Morgan fingerprint density at radius 1 is 1.18 bits per heavy atom. The highest BCUT2D eigenvalue weighted by Crippen LogP contribution is 2.15. The number of pyridine rings is 2. The highest BCUT2D eigenvalue weighted by Gasteiger charge is 2.19. The predicted octanol–water partition coefficient (Wildman–Crippen LogP) is 3.35. The maximum absolute atomic E-state index is 13.4. The zero-order chi connectivity index (χ0) is 24.2. The molecule has 8 nitrogen and oxygen atoms in total. The molecule has 0 aliphatic carbocycles. The highest BCUT2D eigenvalue weighted by atomic mass is 16.5. The number of nitrogens with one attached hydrogen (secondary N) is 2. The van der Waals surface area contributed by atoms with Crippen molar-refractivity contribution in [3.63, 3.8) is 0 Å². The van der Waals surface area contributed by atoms with E-state index in [2.05, 4.69) is 5.32 Å². The van der Waals surface area contributed by atoms with E-state index >= 15 is 0 Å². The number of hydrogen-bond acceptors (Lipinski definition) is 5. The molecule has 0 fully saturated rings. The van der Waals surface area contributed by atoms with Gasteiger partial charge in [0.25, 0.3) is 11.5 Å². The van der Waals surface area contributed by atoms with Gasteiger partial charge in [0.05, 0.1) is 17.0 Å². The Bertz CT molecular complexity index is 1460. The van der Waals surface area contributed by atoms with Crippen LogP contribution in [0.1, 0.15) is 47.8 Å². The van der Waals surface area contributed by atoms with E-state index in [1.807, 2.05) is 57.2 Å². The van der Waals surface area contributed by atoms with Crippen LogP contribution in [0, 0.1) is 12.3 Å². The molecule has 0 saturated heterocycles. The van der Waals surface area contributed by atoms with Crippen molar-refractivity contribution in [2.24, 2.45) is 0 Å². The Kier molecular flexibility index (Phi) is 6.88. The van der Waals surface area contributed by atoms with Gasteiger partial charge in [0, 0.05) is 26.0 Å². The third-order valence-corrected chi connectivity index (χ3v) is 5.90. The number of hydrogen-bond donors (Lipinski definition) is 2. The van der Waals surface area contributed by atoms with Gasteiger partial charge in [-0.2, -0.15) is 0 Å². The molecule has 4 aromatic rings. The molecule has 0 unspecified atom stereocenters. The van der Waals surface area contributed by atoms with Crippen LogP contribution in [0.4, 0.5) is 0 Å². The number of aryl methyl sites for hydroxylation is 2. The standard InChI is InChI=1S/C26H29N5O3/c1-4-34-15-9-14-30-22(27)20(25(32)28-18(3)19-11-6-5-7-12-19)16-21-24(30)29-23-17(2)10-8-13-31(23)26(21)33/h5-8,10-13,16,18,27H,4,9,14-15H2,1-3H3,(H,28,32)/t18-/m0/s1. The second-order valence-corrected chi connectivity index (χ2v) is 8.25. The summed E-state index contributed by atoms with van der Waals surface area (Å²) in [5.41, 5.74) is 2.63. The summed E-state index contributed by atoms with van der Waals surface area (Å²) in [4.78, 5) is 31.4. The van der Waals surface area contributed by atoms with Crippen molar-refractivity contribution in [3.8, 4) is 0 Å². The van der Waals surface area contributed by atoms with E-state index in [4.69, 9.17) is 15.1 Å². The monoisotopic (exact) mass is 459 g/mol. The van der Waals surface area contributed by atoms with Crippen molar-refractivity contribution < 1.29 is 9.53 Å². The first-order valence-corrected chi connectivity index (χ1v) is 11.5. The van der Waals surface area contributed by atoms with Crippen molar-refractivity contribution in [2.45, 2.75) is 39.8 Å². The number of carbonyl (C=O) groups excluding carboxylic acids is 1.